The quantitative estimate of drug-likeness (QED) is 0.915. The molecule has 0 radical (unpaired) electrons. The maximum Gasteiger partial charge on any atom is 0.233 e. The molecule has 0 bridgehead atoms. The van der Waals surface area contributed by atoms with Crippen molar-refractivity contribution in [3.8, 4) is 0 Å². The van der Waals surface area contributed by atoms with Crippen LogP contribution in [0.2, 0.25) is 0 Å². The van der Waals surface area contributed by atoms with E-state index in [2.05, 4.69) is 41.3 Å². The second-order valence-electron chi connectivity index (χ2n) is 6.07. The summed E-state index contributed by atoms with van der Waals surface area (Å²) in [4.78, 5) is 20.5. The van der Waals surface area contributed by atoms with E-state index in [1.165, 1.54) is 5.56 Å². The Balaban J connectivity index is 2.03. The lowest BCUT2D eigenvalue weighted by Crippen LogP contribution is -2.20. The van der Waals surface area contributed by atoms with Crippen molar-refractivity contribution < 1.29 is 4.79 Å². The molecular weight excluding hydrogens is 274 g/mol. The van der Waals surface area contributed by atoms with Crippen LogP contribution in [0.5, 0.6) is 0 Å². The van der Waals surface area contributed by atoms with E-state index in [-0.39, 0.29) is 11.8 Å². The van der Waals surface area contributed by atoms with Crippen molar-refractivity contribution in [3.05, 3.63) is 53.3 Å². The molecule has 4 heteroatoms. The van der Waals surface area contributed by atoms with Crippen molar-refractivity contribution >= 4 is 11.9 Å². The fourth-order valence-corrected chi connectivity index (χ4v) is 2.29. The molecule has 2 aromatic rings. The average molecular weight is 297 g/mol. The van der Waals surface area contributed by atoms with Gasteiger partial charge >= 0.3 is 0 Å². The third-order valence-corrected chi connectivity index (χ3v) is 3.55. The monoisotopic (exact) mass is 297 g/mol. The first-order valence-corrected chi connectivity index (χ1v) is 7.65. The molecule has 0 aliphatic carbocycles. The van der Waals surface area contributed by atoms with Crippen LogP contribution in [0.25, 0.3) is 0 Å². The van der Waals surface area contributed by atoms with Gasteiger partial charge in [0.05, 0.1) is 5.92 Å². The first kappa shape index (κ1) is 16.1. The van der Waals surface area contributed by atoms with Gasteiger partial charge in [-0.15, -0.1) is 0 Å². The van der Waals surface area contributed by atoms with Crippen LogP contribution in [0, 0.1) is 12.8 Å². The van der Waals surface area contributed by atoms with Gasteiger partial charge in [0.15, 0.2) is 0 Å². The Hall–Kier alpha value is -2.23. The highest BCUT2D eigenvalue weighted by atomic mass is 16.2. The smallest absolute Gasteiger partial charge is 0.233 e. The number of carbonyl (C=O) groups excluding carboxylic acids is 1. The van der Waals surface area contributed by atoms with Crippen molar-refractivity contribution in [3.63, 3.8) is 0 Å². The maximum absolute atomic E-state index is 12.3. The Morgan fingerprint density at radius 2 is 1.82 bits per heavy atom. The lowest BCUT2D eigenvalue weighted by atomic mass is 9.96. The van der Waals surface area contributed by atoms with Gasteiger partial charge in [0.25, 0.3) is 0 Å². The summed E-state index contributed by atoms with van der Waals surface area (Å²) in [5.41, 5.74) is 3.13. The van der Waals surface area contributed by atoms with Gasteiger partial charge in [-0.2, -0.15) is 0 Å². The number of hydrogen-bond donors (Lipinski definition) is 1. The summed E-state index contributed by atoms with van der Waals surface area (Å²) in [5, 5.41) is 2.77. The number of carbonyl (C=O) groups is 1. The molecule has 0 aliphatic heterocycles. The first-order chi connectivity index (χ1) is 10.5. The largest absolute Gasteiger partial charge is 0.294 e. The van der Waals surface area contributed by atoms with E-state index in [0.29, 0.717) is 11.9 Å². The molecule has 0 fully saturated rings. The van der Waals surface area contributed by atoms with E-state index in [1.54, 1.807) is 12.3 Å². The number of hydrogen-bond acceptors (Lipinski definition) is 3. The van der Waals surface area contributed by atoms with Gasteiger partial charge in [-0.1, -0.05) is 38.1 Å². The van der Waals surface area contributed by atoms with Gasteiger partial charge in [-0.25, -0.2) is 9.97 Å². The summed E-state index contributed by atoms with van der Waals surface area (Å²) in [6.45, 7) is 8.16. The molecule has 22 heavy (non-hydrogen) atoms. The first-order valence-electron chi connectivity index (χ1n) is 7.65. The SMILES string of the molecule is Cc1ccnc(NC(=O)[C@@H](C)c2ccc(CC(C)C)cc2)n1. The summed E-state index contributed by atoms with van der Waals surface area (Å²) in [6.07, 6.45) is 2.70. The topological polar surface area (TPSA) is 54.9 Å². The number of anilines is 1. The van der Waals surface area contributed by atoms with Crippen molar-refractivity contribution in [1.82, 2.24) is 9.97 Å². The fourth-order valence-electron chi connectivity index (χ4n) is 2.29. The highest BCUT2D eigenvalue weighted by molar-refractivity contribution is 5.94. The third-order valence-electron chi connectivity index (χ3n) is 3.55. The highest BCUT2D eigenvalue weighted by Crippen LogP contribution is 2.19. The van der Waals surface area contributed by atoms with Crippen LogP contribution in [0.4, 0.5) is 5.95 Å². The Labute approximate surface area is 132 Å². The van der Waals surface area contributed by atoms with Crippen molar-refractivity contribution in [2.45, 2.75) is 40.0 Å². The zero-order valence-corrected chi connectivity index (χ0v) is 13.6. The summed E-state index contributed by atoms with van der Waals surface area (Å²) >= 11 is 0. The van der Waals surface area contributed by atoms with Crippen molar-refractivity contribution in [2.75, 3.05) is 5.32 Å². The molecule has 1 heterocycles. The molecule has 116 valence electrons. The van der Waals surface area contributed by atoms with E-state index in [0.717, 1.165) is 17.7 Å². The molecule has 1 aromatic heterocycles. The number of benzene rings is 1. The minimum absolute atomic E-state index is 0.0952. The van der Waals surface area contributed by atoms with Crippen LogP contribution in [-0.2, 0) is 11.2 Å². The van der Waals surface area contributed by atoms with E-state index >= 15 is 0 Å². The number of aryl methyl sites for hydroxylation is 1. The van der Waals surface area contributed by atoms with Gasteiger partial charge in [0.2, 0.25) is 11.9 Å². The standard InChI is InChI=1S/C18H23N3O/c1-12(2)11-15-5-7-16(8-6-15)14(4)17(22)21-18-19-10-9-13(3)20-18/h5-10,12,14H,11H2,1-4H3,(H,19,20,21,22)/t14-/m0/s1. The average Bonchev–Trinajstić information content (AvgIpc) is 2.46. The van der Waals surface area contributed by atoms with Gasteiger partial charge in [-0.05, 0) is 43.4 Å². The van der Waals surface area contributed by atoms with Crippen LogP contribution in [0.15, 0.2) is 36.5 Å². The molecule has 0 saturated carbocycles. The Bertz CT molecular complexity index is 635. The number of rotatable bonds is 5. The molecule has 0 aliphatic rings. The Morgan fingerprint density at radius 1 is 1.14 bits per heavy atom. The molecule has 0 unspecified atom stereocenters. The van der Waals surface area contributed by atoms with Crippen molar-refractivity contribution in [2.24, 2.45) is 5.92 Å². The predicted octanol–water partition coefficient (Wildman–Crippen LogP) is 3.73. The second kappa shape index (κ2) is 7.16. The Kier molecular flexibility index (Phi) is 5.26. The Morgan fingerprint density at radius 3 is 2.41 bits per heavy atom. The van der Waals surface area contributed by atoms with E-state index in [4.69, 9.17) is 0 Å². The number of nitrogens with one attached hydrogen (secondary N) is 1. The molecule has 1 atom stereocenters. The van der Waals surface area contributed by atoms with Crippen LogP contribution < -0.4 is 5.32 Å². The van der Waals surface area contributed by atoms with Gasteiger partial charge in [0.1, 0.15) is 0 Å². The van der Waals surface area contributed by atoms with Gasteiger partial charge < -0.3 is 0 Å². The van der Waals surface area contributed by atoms with Crippen LogP contribution in [-0.4, -0.2) is 15.9 Å². The van der Waals surface area contributed by atoms with E-state index in [9.17, 15) is 4.79 Å². The number of amides is 1. The molecule has 2 rings (SSSR count). The highest BCUT2D eigenvalue weighted by Gasteiger charge is 2.16. The zero-order chi connectivity index (χ0) is 16.1. The van der Waals surface area contributed by atoms with Gasteiger partial charge in [-0.3, -0.25) is 10.1 Å². The molecular formula is C18H23N3O. The van der Waals surface area contributed by atoms with Crippen molar-refractivity contribution in [1.29, 1.82) is 0 Å². The number of aromatic nitrogens is 2. The summed E-state index contributed by atoms with van der Waals surface area (Å²) < 4.78 is 0. The molecule has 1 aromatic carbocycles. The van der Waals surface area contributed by atoms with Crippen LogP contribution in [0.1, 0.15) is 43.5 Å². The van der Waals surface area contributed by atoms with E-state index in [1.807, 2.05) is 26.0 Å². The fraction of sp³-hybridized carbons (Fsp3) is 0.389. The summed E-state index contributed by atoms with van der Waals surface area (Å²) in [6, 6.07) is 10.1. The summed E-state index contributed by atoms with van der Waals surface area (Å²) in [5.74, 6) is 0.651. The molecule has 1 N–H and O–H groups in total. The second-order valence-corrected chi connectivity index (χ2v) is 6.07. The molecule has 0 saturated heterocycles. The summed E-state index contributed by atoms with van der Waals surface area (Å²) in [7, 11) is 0. The predicted molar refractivity (Wildman–Crippen MR) is 88.8 cm³/mol. The maximum atomic E-state index is 12.3. The molecule has 4 nitrogen and oxygen atoms in total. The normalized spacial score (nSPS) is 12.2. The van der Waals surface area contributed by atoms with Crippen LogP contribution in [0.3, 0.4) is 0 Å². The molecule has 1 amide bonds. The molecule has 0 spiro atoms. The zero-order valence-electron chi connectivity index (χ0n) is 13.6. The van der Waals surface area contributed by atoms with Gasteiger partial charge in [0, 0.05) is 11.9 Å². The third kappa shape index (κ3) is 4.38. The lowest BCUT2D eigenvalue weighted by Gasteiger charge is -2.13. The minimum Gasteiger partial charge on any atom is -0.294 e. The minimum atomic E-state index is -0.239. The van der Waals surface area contributed by atoms with Crippen LogP contribution >= 0.6 is 0 Å². The number of nitrogens with zero attached hydrogens (tertiary/aromatic N) is 2. The lowest BCUT2D eigenvalue weighted by molar-refractivity contribution is -0.117. The van der Waals surface area contributed by atoms with E-state index < -0.39 is 0 Å².